The molecule has 1 heterocycles. The molecule has 1 aliphatic heterocycles. The number of ether oxygens (including phenoxy) is 1. The lowest BCUT2D eigenvalue weighted by Crippen LogP contribution is -2.19. The molecule has 0 aromatic heterocycles. The van der Waals surface area contributed by atoms with E-state index >= 15 is 0 Å². The van der Waals surface area contributed by atoms with Crippen LogP contribution in [0.3, 0.4) is 0 Å². The standard InChI is InChI=1S/C26H20N2O2S/c1-16-11-12-23(30-2)22(13-16)27-26-28-25(29)24(31-26)15-21-19-9-5-3-7-17(19)14-18-8-4-6-10-20(18)21/h3-15H,1-2H3,(H,27,28,29)/b24-15-. The fourth-order valence-electron chi connectivity index (χ4n) is 3.81. The van der Waals surface area contributed by atoms with E-state index in [9.17, 15) is 4.79 Å². The van der Waals surface area contributed by atoms with Gasteiger partial charge in [0.05, 0.1) is 12.0 Å². The molecule has 5 heteroatoms. The Balaban J connectivity index is 1.60. The molecule has 0 aliphatic carbocycles. The SMILES string of the molecule is COc1ccc(C)cc1N=C1NC(=O)/C(=C/c2c3ccccc3cc3ccccc23)S1. The summed E-state index contributed by atoms with van der Waals surface area (Å²) in [5.41, 5.74) is 2.82. The zero-order valence-corrected chi connectivity index (χ0v) is 18.0. The third-order valence-electron chi connectivity index (χ3n) is 5.30. The van der Waals surface area contributed by atoms with Crippen molar-refractivity contribution in [1.29, 1.82) is 0 Å². The number of aliphatic imine (C=N–C) groups is 1. The number of carbonyl (C=O) groups excluding carboxylic acids is 1. The normalized spacial score (nSPS) is 16.4. The van der Waals surface area contributed by atoms with Gasteiger partial charge in [-0.15, -0.1) is 0 Å². The Morgan fingerprint density at radius 3 is 2.29 bits per heavy atom. The molecule has 4 aromatic rings. The van der Waals surface area contributed by atoms with Crippen molar-refractivity contribution in [1.82, 2.24) is 5.32 Å². The van der Waals surface area contributed by atoms with Crippen LogP contribution in [0.1, 0.15) is 11.1 Å². The van der Waals surface area contributed by atoms with Crippen molar-refractivity contribution in [2.45, 2.75) is 6.92 Å². The van der Waals surface area contributed by atoms with E-state index in [1.807, 2.05) is 55.5 Å². The predicted molar refractivity (Wildman–Crippen MR) is 130 cm³/mol. The molecule has 0 bridgehead atoms. The maximum atomic E-state index is 12.8. The van der Waals surface area contributed by atoms with Crippen molar-refractivity contribution in [2.75, 3.05) is 7.11 Å². The Morgan fingerprint density at radius 2 is 1.61 bits per heavy atom. The molecular weight excluding hydrogens is 404 g/mol. The van der Waals surface area contributed by atoms with Crippen molar-refractivity contribution in [3.8, 4) is 5.75 Å². The second-order valence-corrected chi connectivity index (χ2v) is 8.42. The minimum atomic E-state index is -0.146. The second kappa shape index (κ2) is 7.93. The van der Waals surface area contributed by atoms with Gasteiger partial charge in [-0.25, -0.2) is 4.99 Å². The zero-order valence-electron chi connectivity index (χ0n) is 17.2. The summed E-state index contributed by atoms with van der Waals surface area (Å²) in [4.78, 5) is 18.0. The average Bonchev–Trinajstić information content (AvgIpc) is 3.12. The lowest BCUT2D eigenvalue weighted by Gasteiger charge is -2.08. The molecule has 152 valence electrons. The number of carbonyl (C=O) groups is 1. The number of amides is 1. The van der Waals surface area contributed by atoms with Gasteiger partial charge < -0.3 is 10.1 Å². The molecule has 4 aromatic carbocycles. The van der Waals surface area contributed by atoms with Gasteiger partial charge in [0.25, 0.3) is 5.91 Å². The van der Waals surface area contributed by atoms with E-state index in [-0.39, 0.29) is 5.91 Å². The van der Waals surface area contributed by atoms with E-state index in [4.69, 9.17) is 4.74 Å². The lowest BCUT2D eigenvalue weighted by atomic mass is 9.96. The number of aryl methyl sites for hydroxylation is 1. The Morgan fingerprint density at radius 1 is 0.935 bits per heavy atom. The molecule has 0 saturated carbocycles. The van der Waals surface area contributed by atoms with Crippen LogP contribution in [0.5, 0.6) is 5.75 Å². The Labute approximate surface area is 184 Å². The molecule has 1 fully saturated rings. The number of hydrogen-bond donors (Lipinski definition) is 1. The number of hydrogen-bond acceptors (Lipinski definition) is 4. The number of nitrogens with zero attached hydrogens (tertiary/aromatic N) is 1. The van der Waals surface area contributed by atoms with Crippen LogP contribution >= 0.6 is 11.8 Å². The highest BCUT2D eigenvalue weighted by Crippen LogP contribution is 2.35. The third kappa shape index (κ3) is 3.68. The summed E-state index contributed by atoms with van der Waals surface area (Å²) in [6, 6.07) is 24.5. The van der Waals surface area contributed by atoms with Crippen molar-refractivity contribution >= 4 is 56.1 Å². The van der Waals surface area contributed by atoms with Crippen LogP contribution in [0.15, 0.2) is 82.7 Å². The largest absolute Gasteiger partial charge is 0.494 e. The van der Waals surface area contributed by atoms with Gasteiger partial charge in [-0.05, 0) is 75.6 Å². The molecule has 0 spiro atoms. The van der Waals surface area contributed by atoms with E-state index in [0.717, 1.165) is 32.7 Å². The van der Waals surface area contributed by atoms with Gasteiger partial charge in [0.1, 0.15) is 11.4 Å². The second-order valence-electron chi connectivity index (χ2n) is 7.39. The predicted octanol–water partition coefficient (Wildman–Crippen LogP) is 6.20. The molecule has 1 amide bonds. The smallest absolute Gasteiger partial charge is 0.264 e. The quantitative estimate of drug-likeness (QED) is 0.315. The highest BCUT2D eigenvalue weighted by molar-refractivity contribution is 8.18. The van der Waals surface area contributed by atoms with Gasteiger partial charge in [-0.2, -0.15) is 0 Å². The van der Waals surface area contributed by atoms with E-state index in [1.54, 1.807) is 7.11 Å². The summed E-state index contributed by atoms with van der Waals surface area (Å²) in [6.45, 7) is 2.00. The number of thioether (sulfide) groups is 1. The Hall–Kier alpha value is -3.57. The lowest BCUT2D eigenvalue weighted by molar-refractivity contribution is -0.115. The average molecular weight is 425 g/mol. The summed E-state index contributed by atoms with van der Waals surface area (Å²) in [7, 11) is 1.62. The summed E-state index contributed by atoms with van der Waals surface area (Å²) in [5.74, 6) is 0.526. The van der Waals surface area contributed by atoms with Gasteiger partial charge >= 0.3 is 0 Å². The molecule has 0 unspecified atom stereocenters. The van der Waals surface area contributed by atoms with Gasteiger partial charge in [-0.3, -0.25) is 4.79 Å². The topological polar surface area (TPSA) is 50.7 Å². The van der Waals surface area contributed by atoms with Crippen LogP contribution in [0.2, 0.25) is 0 Å². The zero-order chi connectivity index (χ0) is 21.4. The molecule has 0 radical (unpaired) electrons. The highest BCUT2D eigenvalue weighted by Gasteiger charge is 2.25. The van der Waals surface area contributed by atoms with E-state index in [2.05, 4.69) is 40.6 Å². The molecule has 1 saturated heterocycles. The minimum absolute atomic E-state index is 0.146. The molecule has 31 heavy (non-hydrogen) atoms. The number of benzene rings is 4. The van der Waals surface area contributed by atoms with Gasteiger partial charge in [0, 0.05) is 0 Å². The maximum Gasteiger partial charge on any atom is 0.264 e. The Kier molecular flexibility index (Phi) is 4.96. The van der Waals surface area contributed by atoms with E-state index in [1.165, 1.54) is 11.8 Å². The number of amidine groups is 1. The molecule has 4 nitrogen and oxygen atoms in total. The van der Waals surface area contributed by atoms with Crippen LogP contribution in [-0.2, 0) is 4.79 Å². The highest BCUT2D eigenvalue weighted by atomic mass is 32.2. The van der Waals surface area contributed by atoms with Crippen molar-refractivity contribution in [3.05, 3.63) is 88.8 Å². The van der Waals surface area contributed by atoms with Crippen LogP contribution in [0.4, 0.5) is 5.69 Å². The number of nitrogens with one attached hydrogen (secondary N) is 1. The minimum Gasteiger partial charge on any atom is -0.494 e. The van der Waals surface area contributed by atoms with Crippen molar-refractivity contribution in [3.63, 3.8) is 0 Å². The summed E-state index contributed by atoms with van der Waals surface area (Å²) < 4.78 is 5.41. The van der Waals surface area contributed by atoms with Crippen LogP contribution in [-0.4, -0.2) is 18.2 Å². The number of fused-ring (bicyclic) bond motifs is 2. The summed E-state index contributed by atoms with van der Waals surface area (Å²) in [6.07, 6.45) is 1.97. The molecule has 5 rings (SSSR count). The van der Waals surface area contributed by atoms with Crippen molar-refractivity contribution in [2.24, 2.45) is 4.99 Å². The molecule has 1 N–H and O–H groups in total. The third-order valence-corrected chi connectivity index (χ3v) is 6.21. The maximum absolute atomic E-state index is 12.8. The van der Waals surface area contributed by atoms with Crippen molar-refractivity contribution < 1.29 is 9.53 Å². The van der Waals surface area contributed by atoms with Crippen LogP contribution in [0.25, 0.3) is 27.6 Å². The van der Waals surface area contributed by atoms with Gasteiger partial charge in [-0.1, -0.05) is 54.6 Å². The van der Waals surface area contributed by atoms with Gasteiger partial charge in [0.15, 0.2) is 5.17 Å². The van der Waals surface area contributed by atoms with Crippen LogP contribution in [0, 0.1) is 6.92 Å². The molecular formula is C26H20N2O2S. The number of methoxy groups -OCH3 is 1. The first-order chi connectivity index (χ1) is 15.1. The van der Waals surface area contributed by atoms with E-state index in [0.29, 0.717) is 21.5 Å². The Bertz CT molecular complexity index is 1350. The monoisotopic (exact) mass is 424 g/mol. The van der Waals surface area contributed by atoms with E-state index < -0.39 is 0 Å². The first-order valence-corrected chi connectivity index (χ1v) is 10.8. The fourth-order valence-corrected chi connectivity index (χ4v) is 4.63. The first kappa shape index (κ1) is 19.4. The summed E-state index contributed by atoms with van der Waals surface area (Å²) in [5, 5.41) is 7.97. The molecule has 0 atom stereocenters. The van der Waals surface area contributed by atoms with Crippen LogP contribution < -0.4 is 10.1 Å². The summed E-state index contributed by atoms with van der Waals surface area (Å²) >= 11 is 1.35. The first-order valence-electron chi connectivity index (χ1n) is 9.97. The van der Waals surface area contributed by atoms with Gasteiger partial charge in [0.2, 0.25) is 0 Å². The number of rotatable bonds is 3. The fraction of sp³-hybridized carbons (Fsp3) is 0.0769. The molecule has 1 aliphatic rings.